The van der Waals surface area contributed by atoms with Crippen LogP contribution in [0.15, 0.2) is 24.3 Å². The summed E-state index contributed by atoms with van der Waals surface area (Å²) in [6.07, 6.45) is -2.23. The molecule has 8 heteroatoms. The zero-order valence-corrected chi connectivity index (χ0v) is 16.3. The summed E-state index contributed by atoms with van der Waals surface area (Å²) in [4.78, 5) is 11.3. The van der Waals surface area contributed by atoms with E-state index in [0.717, 1.165) is 48.4 Å². The monoisotopic (exact) mass is 394 g/mol. The number of ether oxygens (including phenoxy) is 1. The Kier molecular flexibility index (Phi) is 5.96. The third-order valence-corrected chi connectivity index (χ3v) is 4.86. The molecule has 28 heavy (non-hydrogen) atoms. The fourth-order valence-electron chi connectivity index (χ4n) is 3.14. The van der Waals surface area contributed by atoms with Crippen LogP contribution in [0.4, 0.5) is 24.9 Å². The molecule has 1 atom stereocenters. The minimum Gasteiger partial charge on any atom is -0.406 e. The number of anilines is 2. The third-order valence-electron chi connectivity index (χ3n) is 4.86. The number of alkyl halides is 3. The van der Waals surface area contributed by atoms with Gasteiger partial charge in [-0.05, 0) is 49.4 Å². The zero-order chi connectivity index (χ0) is 20.3. The molecule has 0 spiro atoms. The van der Waals surface area contributed by atoms with Crippen molar-refractivity contribution in [1.82, 2.24) is 9.97 Å². The molecule has 0 saturated carbocycles. The summed E-state index contributed by atoms with van der Waals surface area (Å²) in [5.41, 5.74) is 2.78. The predicted octanol–water partition coefficient (Wildman–Crippen LogP) is 4.71. The Balaban J connectivity index is 1.84. The lowest BCUT2D eigenvalue weighted by Crippen LogP contribution is -2.31. The van der Waals surface area contributed by atoms with Crippen LogP contribution < -0.4 is 15.0 Å². The minimum absolute atomic E-state index is 0.191. The lowest BCUT2D eigenvalue weighted by atomic mass is 9.99. The normalized spacial score (nSPS) is 15.1. The van der Waals surface area contributed by atoms with Gasteiger partial charge in [0.15, 0.2) is 0 Å². The number of nitrogens with zero attached hydrogens (tertiary/aromatic N) is 3. The molecule has 0 fully saturated rings. The molecular weight excluding hydrogens is 369 g/mol. The van der Waals surface area contributed by atoms with Gasteiger partial charge >= 0.3 is 6.36 Å². The number of benzene rings is 1. The molecule has 0 aliphatic carbocycles. The van der Waals surface area contributed by atoms with Gasteiger partial charge in [0.2, 0.25) is 5.95 Å². The minimum atomic E-state index is -4.69. The number of nitrogens with one attached hydrogen (secondary N) is 1. The van der Waals surface area contributed by atoms with Crippen molar-refractivity contribution < 1.29 is 17.9 Å². The largest absolute Gasteiger partial charge is 0.573 e. The summed E-state index contributed by atoms with van der Waals surface area (Å²) in [5.74, 6) is 1.18. The second-order valence-corrected chi connectivity index (χ2v) is 7.00. The highest BCUT2D eigenvalue weighted by molar-refractivity contribution is 5.49. The van der Waals surface area contributed by atoms with Crippen molar-refractivity contribution in [3.63, 3.8) is 0 Å². The number of aromatic nitrogens is 2. The van der Waals surface area contributed by atoms with E-state index in [1.54, 1.807) is 6.07 Å². The molecule has 1 aromatic carbocycles. The molecule has 152 valence electrons. The van der Waals surface area contributed by atoms with E-state index in [1.807, 2.05) is 13.0 Å². The van der Waals surface area contributed by atoms with Crippen LogP contribution in [0.2, 0.25) is 0 Å². The van der Waals surface area contributed by atoms with Crippen LogP contribution in [0.3, 0.4) is 0 Å². The average Bonchev–Trinajstić information content (AvgIpc) is 2.65. The Bertz CT molecular complexity index is 826. The zero-order valence-electron chi connectivity index (χ0n) is 16.3. The van der Waals surface area contributed by atoms with Gasteiger partial charge in [-0.2, -0.15) is 4.98 Å². The summed E-state index contributed by atoms with van der Waals surface area (Å²) in [7, 11) is 0. The van der Waals surface area contributed by atoms with Crippen molar-refractivity contribution >= 4 is 11.8 Å². The van der Waals surface area contributed by atoms with Crippen LogP contribution in [-0.2, 0) is 19.4 Å². The molecule has 3 rings (SSSR count). The Morgan fingerprint density at radius 2 is 1.96 bits per heavy atom. The molecule has 1 aliphatic heterocycles. The van der Waals surface area contributed by atoms with Crippen molar-refractivity contribution in [1.29, 1.82) is 0 Å². The highest BCUT2D eigenvalue weighted by atomic mass is 19.4. The Morgan fingerprint density at radius 1 is 1.18 bits per heavy atom. The average molecular weight is 394 g/mol. The van der Waals surface area contributed by atoms with Crippen LogP contribution in [0, 0.1) is 0 Å². The van der Waals surface area contributed by atoms with E-state index in [2.05, 4.69) is 38.8 Å². The maximum atomic E-state index is 12.5. The van der Waals surface area contributed by atoms with E-state index in [0.29, 0.717) is 12.5 Å². The standard InChI is InChI=1S/C20H25F3N4O/c1-4-13(3)24-19-25-16(5-2)11-18(26-19)27-9-8-14-6-7-17(10-15(14)12-27)28-20(21,22)23/h6-7,10-11,13H,4-5,8-9,12H2,1-3H3,(H,24,25,26)/t13-/m1/s1. The third kappa shape index (κ3) is 5.05. The Morgan fingerprint density at radius 3 is 2.64 bits per heavy atom. The van der Waals surface area contributed by atoms with E-state index in [4.69, 9.17) is 0 Å². The summed E-state index contributed by atoms with van der Waals surface area (Å²) in [6.45, 7) is 7.42. The lowest BCUT2D eigenvalue weighted by Gasteiger charge is -2.30. The quantitative estimate of drug-likeness (QED) is 0.769. The first kappa shape index (κ1) is 20.2. The van der Waals surface area contributed by atoms with E-state index in [-0.39, 0.29) is 11.8 Å². The first-order chi connectivity index (χ1) is 13.3. The number of halogens is 3. The second kappa shape index (κ2) is 8.24. The van der Waals surface area contributed by atoms with Gasteiger partial charge in [0.05, 0.1) is 0 Å². The number of fused-ring (bicyclic) bond motifs is 1. The van der Waals surface area contributed by atoms with Crippen LogP contribution in [-0.4, -0.2) is 28.9 Å². The van der Waals surface area contributed by atoms with Crippen molar-refractivity contribution in [3.05, 3.63) is 41.1 Å². The predicted molar refractivity (Wildman–Crippen MR) is 103 cm³/mol. The highest BCUT2D eigenvalue weighted by Gasteiger charge is 2.31. The molecule has 0 unspecified atom stereocenters. The number of hydrogen-bond donors (Lipinski definition) is 1. The van der Waals surface area contributed by atoms with Gasteiger partial charge in [0.1, 0.15) is 11.6 Å². The Labute approximate surface area is 162 Å². The molecule has 0 radical (unpaired) electrons. The smallest absolute Gasteiger partial charge is 0.406 e. The first-order valence-corrected chi connectivity index (χ1v) is 9.54. The van der Waals surface area contributed by atoms with Crippen molar-refractivity contribution in [2.45, 2.75) is 59.0 Å². The second-order valence-electron chi connectivity index (χ2n) is 7.00. The SMILES string of the molecule is CCc1cc(N2CCc3ccc(OC(F)(F)F)cc3C2)nc(N[C@H](C)CC)n1. The molecule has 0 saturated heterocycles. The van der Waals surface area contributed by atoms with Crippen LogP contribution in [0.25, 0.3) is 0 Å². The lowest BCUT2D eigenvalue weighted by molar-refractivity contribution is -0.274. The maximum Gasteiger partial charge on any atom is 0.573 e. The van der Waals surface area contributed by atoms with E-state index in [1.165, 1.54) is 12.1 Å². The molecule has 5 nitrogen and oxygen atoms in total. The van der Waals surface area contributed by atoms with Crippen molar-refractivity contribution in [2.75, 3.05) is 16.8 Å². The van der Waals surface area contributed by atoms with E-state index in [9.17, 15) is 13.2 Å². The summed E-state index contributed by atoms with van der Waals surface area (Å²) < 4.78 is 41.6. The van der Waals surface area contributed by atoms with Gasteiger partial charge in [0, 0.05) is 30.9 Å². The van der Waals surface area contributed by atoms with Crippen molar-refractivity contribution in [2.24, 2.45) is 0 Å². The topological polar surface area (TPSA) is 50.3 Å². The molecule has 2 heterocycles. The molecule has 1 aromatic heterocycles. The van der Waals surface area contributed by atoms with Crippen LogP contribution >= 0.6 is 0 Å². The molecule has 0 bridgehead atoms. The van der Waals surface area contributed by atoms with Crippen molar-refractivity contribution in [3.8, 4) is 5.75 Å². The molecule has 2 aromatic rings. The fourth-order valence-corrected chi connectivity index (χ4v) is 3.14. The number of rotatable bonds is 6. The summed E-state index contributed by atoms with van der Waals surface area (Å²) in [5, 5.41) is 3.31. The van der Waals surface area contributed by atoms with Gasteiger partial charge in [-0.25, -0.2) is 4.98 Å². The van der Waals surface area contributed by atoms with Gasteiger partial charge in [0.25, 0.3) is 0 Å². The molecular formula is C20H25F3N4O. The highest BCUT2D eigenvalue weighted by Crippen LogP contribution is 2.30. The van der Waals surface area contributed by atoms with Gasteiger partial charge in [-0.15, -0.1) is 13.2 Å². The Hall–Kier alpha value is -2.51. The van der Waals surface area contributed by atoms with E-state index >= 15 is 0 Å². The van der Waals surface area contributed by atoms with E-state index < -0.39 is 6.36 Å². The van der Waals surface area contributed by atoms with Gasteiger partial charge in [-0.1, -0.05) is 19.9 Å². The maximum absolute atomic E-state index is 12.5. The molecule has 1 N–H and O–H groups in total. The molecule has 1 aliphatic rings. The summed E-state index contributed by atoms with van der Waals surface area (Å²) in [6, 6.07) is 6.75. The number of aryl methyl sites for hydroxylation is 1. The van der Waals surface area contributed by atoms with Crippen LogP contribution in [0.1, 0.15) is 44.0 Å². The van der Waals surface area contributed by atoms with Gasteiger partial charge < -0.3 is 15.0 Å². The first-order valence-electron chi connectivity index (χ1n) is 9.54. The van der Waals surface area contributed by atoms with Crippen LogP contribution in [0.5, 0.6) is 5.75 Å². The summed E-state index contributed by atoms with van der Waals surface area (Å²) >= 11 is 0. The van der Waals surface area contributed by atoms with Gasteiger partial charge in [-0.3, -0.25) is 0 Å². The molecule has 0 amide bonds. The number of hydrogen-bond acceptors (Lipinski definition) is 5. The fraction of sp³-hybridized carbons (Fsp3) is 0.500.